The third kappa shape index (κ3) is 3.85. The van der Waals surface area contributed by atoms with Gasteiger partial charge < -0.3 is 19.4 Å². The summed E-state index contributed by atoms with van der Waals surface area (Å²) in [4.78, 5) is 25.2. The van der Waals surface area contributed by atoms with Crippen LogP contribution < -0.4 is 5.32 Å². The van der Waals surface area contributed by atoms with Crippen LogP contribution in [0.4, 0.5) is 0 Å². The number of hydrogen-bond donors (Lipinski definition) is 1. The standard InChI is InChI=1S/C15H22N2O4/c1-4-20-9-15(19)17-7-12(13(8-17)16-11(3)18)14-6-5-10(2)21-14/h5-6,12-13H,4,7-9H2,1-3H3,(H,16,18)/t12-,13-/m1/s1. The molecule has 1 fully saturated rings. The Morgan fingerprint density at radius 2 is 2.19 bits per heavy atom. The van der Waals surface area contributed by atoms with Crippen molar-refractivity contribution in [3.63, 3.8) is 0 Å². The summed E-state index contributed by atoms with van der Waals surface area (Å²) in [5.41, 5.74) is 0. The quantitative estimate of drug-likeness (QED) is 0.881. The fourth-order valence-corrected chi connectivity index (χ4v) is 2.64. The molecule has 6 heteroatoms. The highest BCUT2D eigenvalue weighted by atomic mass is 16.5. The van der Waals surface area contributed by atoms with Crippen LogP contribution in [0.3, 0.4) is 0 Å². The smallest absolute Gasteiger partial charge is 0.248 e. The van der Waals surface area contributed by atoms with E-state index < -0.39 is 0 Å². The molecule has 2 rings (SSSR count). The monoisotopic (exact) mass is 294 g/mol. The van der Waals surface area contributed by atoms with Crippen LogP contribution >= 0.6 is 0 Å². The van der Waals surface area contributed by atoms with E-state index >= 15 is 0 Å². The zero-order chi connectivity index (χ0) is 15.4. The van der Waals surface area contributed by atoms with Gasteiger partial charge >= 0.3 is 0 Å². The second-order valence-corrected chi connectivity index (χ2v) is 5.30. The van der Waals surface area contributed by atoms with E-state index in [1.807, 2.05) is 26.0 Å². The summed E-state index contributed by atoms with van der Waals surface area (Å²) in [7, 11) is 0. The predicted octanol–water partition coefficient (Wildman–Crippen LogP) is 1.06. The van der Waals surface area contributed by atoms with Gasteiger partial charge in [-0.25, -0.2) is 0 Å². The number of rotatable bonds is 5. The molecule has 0 radical (unpaired) electrons. The van der Waals surface area contributed by atoms with Crippen molar-refractivity contribution in [3.05, 3.63) is 23.7 Å². The van der Waals surface area contributed by atoms with Crippen LogP contribution in [0.2, 0.25) is 0 Å². The van der Waals surface area contributed by atoms with E-state index in [-0.39, 0.29) is 30.4 Å². The predicted molar refractivity (Wildman–Crippen MR) is 76.9 cm³/mol. The summed E-state index contributed by atoms with van der Waals surface area (Å²) in [6.07, 6.45) is 0. The van der Waals surface area contributed by atoms with Crippen LogP contribution in [0.15, 0.2) is 16.5 Å². The molecule has 1 aliphatic heterocycles. The molecule has 0 aromatic carbocycles. The Bertz CT molecular complexity index is 512. The van der Waals surface area contributed by atoms with Gasteiger partial charge in [0, 0.05) is 26.6 Å². The summed E-state index contributed by atoms with van der Waals surface area (Å²) in [6, 6.07) is 3.68. The minimum atomic E-state index is -0.126. The van der Waals surface area contributed by atoms with Crippen molar-refractivity contribution in [1.29, 1.82) is 0 Å². The van der Waals surface area contributed by atoms with Crippen molar-refractivity contribution in [1.82, 2.24) is 10.2 Å². The summed E-state index contributed by atoms with van der Waals surface area (Å²) in [5, 5.41) is 2.91. The molecule has 6 nitrogen and oxygen atoms in total. The maximum Gasteiger partial charge on any atom is 0.248 e. The number of aryl methyl sites for hydroxylation is 1. The van der Waals surface area contributed by atoms with Crippen molar-refractivity contribution < 1.29 is 18.7 Å². The third-order valence-corrected chi connectivity index (χ3v) is 3.62. The van der Waals surface area contributed by atoms with Gasteiger partial charge in [-0.15, -0.1) is 0 Å². The van der Waals surface area contributed by atoms with Crippen LogP contribution in [-0.4, -0.2) is 49.1 Å². The van der Waals surface area contributed by atoms with E-state index in [1.165, 1.54) is 6.92 Å². The van der Waals surface area contributed by atoms with E-state index in [1.54, 1.807) is 4.90 Å². The third-order valence-electron chi connectivity index (χ3n) is 3.62. The van der Waals surface area contributed by atoms with Crippen LogP contribution in [-0.2, 0) is 14.3 Å². The zero-order valence-corrected chi connectivity index (χ0v) is 12.7. The molecular formula is C15H22N2O4. The molecule has 1 aromatic heterocycles. The first-order valence-electron chi connectivity index (χ1n) is 7.20. The molecule has 1 aromatic rings. The maximum absolute atomic E-state index is 12.1. The van der Waals surface area contributed by atoms with E-state index in [9.17, 15) is 9.59 Å². The Kier molecular flexibility index (Phi) is 5.01. The Morgan fingerprint density at radius 1 is 1.43 bits per heavy atom. The zero-order valence-electron chi connectivity index (χ0n) is 12.7. The van der Waals surface area contributed by atoms with Gasteiger partial charge in [-0.05, 0) is 26.0 Å². The number of nitrogens with zero attached hydrogens (tertiary/aromatic N) is 1. The minimum Gasteiger partial charge on any atom is -0.466 e. The van der Waals surface area contributed by atoms with Crippen molar-refractivity contribution in [3.8, 4) is 0 Å². The average molecular weight is 294 g/mol. The molecule has 0 aliphatic carbocycles. The number of nitrogens with one attached hydrogen (secondary N) is 1. The highest BCUT2D eigenvalue weighted by Crippen LogP contribution is 2.29. The van der Waals surface area contributed by atoms with Gasteiger partial charge in [0.1, 0.15) is 18.1 Å². The van der Waals surface area contributed by atoms with Gasteiger partial charge in [-0.1, -0.05) is 0 Å². The lowest BCUT2D eigenvalue weighted by Gasteiger charge is -2.16. The van der Waals surface area contributed by atoms with E-state index in [0.29, 0.717) is 19.7 Å². The van der Waals surface area contributed by atoms with Gasteiger partial charge in [0.15, 0.2) is 0 Å². The Hall–Kier alpha value is -1.82. The number of hydrogen-bond acceptors (Lipinski definition) is 4. The first-order valence-corrected chi connectivity index (χ1v) is 7.20. The van der Waals surface area contributed by atoms with Crippen LogP contribution in [0, 0.1) is 6.92 Å². The minimum absolute atomic E-state index is 0.0202. The highest BCUT2D eigenvalue weighted by molar-refractivity contribution is 5.78. The molecule has 1 saturated heterocycles. The number of amides is 2. The lowest BCUT2D eigenvalue weighted by molar-refractivity contribution is -0.135. The second-order valence-electron chi connectivity index (χ2n) is 5.30. The molecule has 2 heterocycles. The van der Waals surface area contributed by atoms with E-state index in [0.717, 1.165) is 11.5 Å². The Balaban J connectivity index is 2.09. The second kappa shape index (κ2) is 6.76. The van der Waals surface area contributed by atoms with Crippen LogP contribution in [0.25, 0.3) is 0 Å². The molecule has 0 saturated carbocycles. The summed E-state index contributed by atoms with van der Waals surface area (Å²) >= 11 is 0. The number of ether oxygens (including phenoxy) is 1. The van der Waals surface area contributed by atoms with Crippen molar-refractivity contribution in [2.24, 2.45) is 0 Å². The molecule has 116 valence electrons. The molecule has 21 heavy (non-hydrogen) atoms. The van der Waals surface area contributed by atoms with Gasteiger partial charge in [0.2, 0.25) is 11.8 Å². The summed E-state index contributed by atoms with van der Waals surface area (Å²) in [5.74, 6) is 1.45. The lowest BCUT2D eigenvalue weighted by atomic mass is 10.0. The average Bonchev–Trinajstić information content (AvgIpc) is 3.01. The molecule has 1 aliphatic rings. The first-order chi connectivity index (χ1) is 10.0. The number of carbonyl (C=O) groups excluding carboxylic acids is 2. The largest absolute Gasteiger partial charge is 0.466 e. The van der Waals surface area contributed by atoms with Gasteiger partial charge in [0.25, 0.3) is 0 Å². The maximum atomic E-state index is 12.1. The lowest BCUT2D eigenvalue weighted by Crippen LogP contribution is -2.39. The van der Waals surface area contributed by atoms with Crippen molar-refractivity contribution >= 4 is 11.8 Å². The first kappa shape index (κ1) is 15.6. The molecular weight excluding hydrogens is 272 g/mol. The molecule has 1 N–H and O–H groups in total. The van der Waals surface area contributed by atoms with E-state index in [4.69, 9.17) is 9.15 Å². The molecule has 0 bridgehead atoms. The SMILES string of the molecule is CCOCC(=O)N1C[C@@H](NC(C)=O)[C@H](c2ccc(C)o2)C1. The summed E-state index contributed by atoms with van der Waals surface area (Å²) in [6.45, 7) is 6.81. The van der Waals surface area contributed by atoms with Crippen molar-refractivity contribution in [2.75, 3.05) is 26.3 Å². The number of furan rings is 1. The van der Waals surface area contributed by atoms with Gasteiger partial charge in [0.05, 0.1) is 12.0 Å². The van der Waals surface area contributed by atoms with E-state index in [2.05, 4.69) is 5.32 Å². The van der Waals surface area contributed by atoms with Crippen LogP contribution in [0.1, 0.15) is 31.3 Å². The Morgan fingerprint density at radius 3 is 2.76 bits per heavy atom. The molecule has 2 atom stereocenters. The number of likely N-dealkylation sites (tertiary alicyclic amines) is 1. The van der Waals surface area contributed by atoms with Gasteiger partial charge in [-0.3, -0.25) is 9.59 Å². The fourth-order valence-electron chi connectivity index (χ4n) is 2.64. The summed E-state index contributed by atoms with van der Waals surface area (Å²) < 4.78 is 10.8. The Labute approximate surface area is 124 Å². The highest BCUT2D eigenvalue weighted by Gasteiger charge is 2.38. The van der Waals surface area contributed by atoms with Gasteiger partial charge in [-0.2, -0.15) is 0 Å². The van der Waals surface area contributed by atoms with Crippen LogP contribution in [0.5, 0.6) is 0 Å². The van der Waals surface area contributed by atoms with Crippen molar-refractivity contribution in [2.45, 2.75) is 32.7 Å². The topological polar surface area (TPSA) is 71.8 Å². The number of carbonyl (C=O) groups is 2. The fraction of sp³-hybridized carbons (Fsp3) is 0.600. The normalized spacial score (nSPS) is 21.6. The molecule has 2 amide bonds. The molecule has 0 unspecified atom stereocenters. The molecule has 0 spiro atoms.